The number of esters is 1. The lowest BCUT2D eigenvalue weighted by Gasteiger charge is -2.43. The molecule has 0 fully saturated rings. The van der Waals surface area contributed by atoms with Gasteiger partial charge in [-0.1, -0.05) is 62.4 Å². The molecule has 0 bridgehead atoms. The molecule has 4 rings (SSSR count). The van der Waals surface area contributed by atoms with E-state index in [2.05, 4.69) is 13.0 Å². The van der Waals surface area contributed by atoms with Gasteiger partial charge in [0.1, 0.15) is 11.9 Å². The first-order chi connectivity index (χ1) is 19.1. The second kappa shape index (κ2) is 13.4. The number of allylic oxidation sites excluding steroid dienone is 2. The summed E-state index contributed by atoms with van der Waals surface area (Å²) in [5.41, 5.74) is 0.906. The summed E-state index contributed by atoms with van der Waals surface area (Å²) in [6.07, 6.45) is 2.97. The monoisotopic (exact) mass is 552 g/mol. The van der Waals surface area contributed by atoms with Crippen molar-refractivity contribution in [2.24, 2.45) is 17.8 Å². The highest BCUT2D eigenvalue weighted by molar-refractivity contribution is 5.84. The van der Waals surface area contributed by atoms with Gasteiger partial charge in [0.2, 0.25) is 0 Å². The zero-order valence-corrected chi connectivity index (χ0v) is 23.1. The minimum absolute atomic E-state index is 0.0159. The summed E-state index contributed by atoms with van der Waals surface area (Å²) < 4.78 is 12.1. The third-order valence-electron chi connectivity index (χ3n) is 8.06. The molecule has 0 spiro atoms. The fraction of sp³-hybridized carbons (Fsp3) is 0.500. The second-order valence-electron chi connectivity index (χ2n) is 11.1. The number of carbonyl (C=O) groups excluding carboxylic acids is 1. The molecule has 4 N–H and O–H groups in total. The molecular formula is C32H40O8. The van der Waals surface area contributed by atoms with Gasteiger partial charge in [-0.2, -0.15) is 0 Å². The number of benzene rings is 2. The number of fused-ring (bicyclic) bond motifs is 2. The van der Waals surface area contributed by atoms with Crippen LogP contribution < -0.4 is 4.74 Å². The van der Waals surface area contributed by atoms with Crippen molar-refractivity contribution in [3.05, 3.63) is 66.3 Å². The third-order valence-corrected chi connectivity index (χ3v) is 8.06. The summed E-state index contributed by atoms with van der Waals surface area (Å²) in [4.78, 5) is 24.2. The van der Waals surface area contributed by atoms with Crippen LogP contribution in [0.5, 0.6) is 5.75 Å². The van der Waals surface area contributed by atoms with E-state index >= 15 is 0 Å². The van der Waals surface area contributed by atoms with E-state index in [1.807, 2.05) is 55.5 Å². The Morgan fingerprint density at radius 3 is 2.55 bits per heavy atom. The van der Waals surface area contributed by atoms with E-state index in [1.54, 1.807) is 6.08 Å². The second-order valence-corrected chi connectivity index (χ2v) is 11.1. The van der Waals surface area contributed by atoms with Crippen molar-refractivity contribution in [3.63, 3.8) is 0 Å². The van der Waals surface area contributed by atoms with Crippen LogP contribution in [0.1, 0.15) is 52.4 Å². The number of aliphatic hydroxyl groups is 3. The Kier molecular flexibility index (Phi) is 10.0. The fourth-order valence-electron chi connectivity index (χ4n) is 6.02. The van der Waals surface area contributed by atoms with Crippen molar-refractivity contribution in [1.82, 2.24) is 0 Å². The van der Waals surface area contributed by atoms with Crippen LogP contribution in [0.15, 0.2) is 66.3 Å². The molecule has 8 heteroatoms. The smallest absolute Gasteiger partial charge is 0.347 e. The molecule has 0 radical (unpaired) electrons. The Morgan fingerprint density at radius 1 is 1.07 bits per heavy atom. The molecule has 2 aromatic carbocycles. The zero-order valence-electron chi connectivity index (χ0n) is 23.1. The van der Waals surface area contributed by atoms with Crippen LogP contribution in [0.4, 0.5) is 0 Å². The number of carboxylic acids is 1. The largest absolute Gasteiger partial charge is 0.481 e. The maximum absolute atomic E-state index is 13.4. The van der Waals surface area contributed by atoms with E-state index in [4.69, 9.17) is 14.6 Å². The van der Waals surface area contributed by atoms with Crippen molar-refractivity contribution in [2.75, 3.05) is 0 Å². The van der Waals surface area contributed by atoms with Gasteiger partial charge in [-0.25, -0.2) is 4.79 Å². The summed E-state index contributed by atoms with van der Waals surface area (Å²) >= 11 is 0. The Morgan fingerprint density at radius 2 is 1.82 bits per heavy atom. The fourth-order valence-corrected chi connectivity index (χ4v) is 6.02. The molecule has 0 aromatic heterocycles. The quantitative estimate of drug-likeness (QED) is 0.285. The standard InChI is InChI=1S/C32H40O8/c1-3-28(39-26-12-10-20-6-4-5-7-21(20)15-26)32(38)40-29-17-24(34)14-22-9-8-19(2)27(31(22)29)13-11-23(33)16-25(35)18-30(36)37/h4-10,12,14-15,19,23-25,27-29,31,33-35H,3,11,13,16-18H2,1-2H3,(H,36,37)/t19-,23+,24+,25+,27-,28?,29-,31-/m0/s1. The first-order valence-electron chi connectivity index (χ1n) is 14.2. The highest BCUT2D eigenvalue weighted by Crippen LogP contribution is 2.44. The van der Waals surface area contributed by atoms with E-state index in [-0.39, 0.29) is 30.6 Å². The lowest BCUT2D eigenvalue weighted by molar-refractivity contribution is -0.163. The number of hydrogen-bond donors (Lipinski definition) is 4. The van der Waals surface area contributed by atoms with Crippen LogP contribution in [0, 0.1) is 17.8 Å². The number of rotatable bonds is 12. The third kappa shape index (κ3) is 7.50. The van der Waals surface area contributed by atoms with Crippen molar-refractivity contribution >= 4 is 22.7 Å². The van der Waals surface area contributed by atoms with Crippen molar-refractivity contribution < 1.29 is 39.5 Å². The zero-order chi connectivity index (χ0) is 28.8. The predicted molar refractivity (Wildman–Crippen MR) is 151 cm³/mol. The minimum atomic E-state index is -1.11. The molecule has 2 aliphatic rings. The van der Waals surface area contributed by atoms with Gasteiger partial charge in [0.25, 0.3) is 0 Å². The van der Waals surface area contributed by atoms with Crippen LogP contribution in [0.2, 0.25) is 0 Å². The summed E-state index contributed by atoms with van der Waals surface area (Å²) in [6.45, 7) is 3.94. The van der Waals surface area contributed by atoms with Gasteiger partial charge in [-0.3, -0.25) is 4.79 Å². The summed E-state index contributed by atoms with van der Waals surface area (Å²) in [5.74, 6) is -1.02. The minimum Gasteiger partial charge on any atom is -0.481 e. The maximum Gasteiger partial charge on any atom is 0.347 e. The molecular weight excluding hydrogens is 512 g/mol. The average Bonchev–Trinajstić information content (AvgIpc) is 2.90. The molecule has 0 amide bonds. The number of carbonyl (C=O) groups is 2. The number of ether oxygens (including phenoxy) is 2. The molecule has 0 saturated heterocycles. The molecule has 8 nitrogen and oxygen atoms in total. The number of carboxylic acid groups (broad SMARTS) is 1. The SMILES string of the molecule is CCC(Oc1ccc2ccccc2c1)C(=O)O[C@H]1C[C@H](O)C=C2C=C[C@H](C)[C@H](CC[C@@H](O)C[C@@H](O)CC(=O)O)[C@H]21. The van der Waals surface area contributed by atoms with E-state index in [9.17, 15) is 24.9 Å². The Balaban J connectivity index is 1.45. The van der Waals surface area contributed by atoms with Gasteiger partial charge in [0.15, 0.2) is 6.10 Å². The molecule has 216 valence electrons. The van der Waals surface area contributed by atoms with Crippen LogP contribution >= 0.6 is 0 Å². The lowest BCUT2D eigenvalue weighted by Crippen LogP contribution is -2.44. The van der Waals surface area contributed by atoms with Crippen LogP contribution in [-0.2, 0) is 14.3 Å². The molecule has 0 heterocycles. The van der Waals surface area contributed by atoms with Gasteiger partial charge in [0.05, 0.1) is 24.7 Å². The molecule has 2 aliphatic carbocycles. The van der Waals surface area contributed by atoms with E-state index in [0.717, 1.165) is 16.3 Å². The predicted octanol–water partition coefficient (Wildman–Crippen LogP) is 4.41. The molecule has 1 unspecified atom stereocenters. The number of hydrogen-bond acceptors (Lipinski definition) is 7. The van der Waals surface area contributed by atoms with Gasteiger partial charge < -0.3 is 29.9 Å². The highest BCUT2D eigenvalue weighted by Gasteiger charge is 2.42. The lowest BCUT2D eigenvalue weighted by atomic mass is 9.66. The number of aliphatic carboxylic acids is 1. The van der Waals surface area contributed by atoms with Crippen LogP contribution in [0.3, 0.4) is 0 Å². The van der Waals surface area contributed by atoms with Crippen LogP contribution in [-0.4, -0.2) is 62.9 Å². The molecule has 8 atom stereocenters. The van der Waals surface area contributed by atoms with Gasteiger partial charge in [-0.15, -0.1) is 0 Å². The van der Waals surface area contributed by atoms with E-state index in [1.165, 1.54) is 0 Å². The first-order valence-corrected chi connectivity index (χ1v) is 14.2. The van der Waals surface area contributed by atoms with Gasteiger partial charge in [-0.05, 0) is 66.0 Å². The van der Waals surface area contributed by atoms with Gasteiger partial charge in [0, 0.05) is 12.3 Å². The summed E-state index contributed by atoms with van der Waals surface area (Å²) in [6, 6.07) is 13.6. The van der Waals surface area contributed by atoms with Crippen molar-refractivity contribution in [3.8, 4) is 5.75 Å². The Bertz CT molecular complexity index is 1240. The highest BCUT2D eigenvalue weighted by atomic mass is 16.6. The summed E-state index contributed by atoms with van der Waals surface area (Å²) in [5, 5.41) is 41.9. The topological polar surface area (TPSA) is 134 Å². The molecule has 0 aliphatic heterocycles. The summed E-state index contributed by atoms with van der Waals surface area (Å²) in [7, 11) is 0. The molecule has 0 saturated carbocycles. The average molecular weight is 553 g/mol. The van der Waals surface area contributed by atoms with Crippen LogP contribution in [0.25, 0.3) is 10.8 Å². The van der Waals surface area contributed by atoms with Crippen molar-refractivity contribution in [1.29, 1.82) is 0 Å². The number of aliphatic hydroxyl groups excluding tert-OH is 3. The first kappa shape index (κ1) is 29.8. The Labute approximate surface area is 234 Å². The van der Waals surface area contributed by atoms with E-state index < -0.39 is 48.9 Å². The Hall–Kier alpha value is -3.20. The van der Waals surface area contributed by atoms with Crippen molar-refractivity contribution in [2.45, 2.75) is 82.9 Å². The van der Waals surface area contributed by atoms with E-state index in [0.29, 0.717) is 25.0 Å². The molecule has 2 aromatic rings. The molecule has 40 heavy (non-hydrogen) atoms. The van der Waals surface area contributed by atoms with Gasteiger partial charge >= 0.3 is 11.9 Å². The normalized spacial score (nSPS) is 26.3. The maximum atomic E-state index is 13.4.